The Morgan fingerprint density at radius 1 is 1.37 bits per heavy atom. The van der Waals surface area contributed by atoms with Crippen LogP contribution in [0.2, 0.25) is 0 Å². The average Bonchev–Trinajstić information content (AvgIpc) is 2.97. The van der Waals surface area contributed by atoms with Crippen molar-refractivity contribution in [3.8, 4) is 0 Å². The smallest absolute Gasteiger partial charge is 0.259 e. The number of rotatable bonds is 2. The molecule has 0 aliphatic heterocycles. The summed E-state index contributed by atoms with van der Waals surface area (Å²) in [4.78, 5) is 16.3. The first-order valence-corrected chi connectivity index (χ1v) is 5.77. The largest absolute Gasteiger partial charge is 0.319 e. The van der Waals surface area contributed by atoms with Gasteiger partial charge in [0.2, 0.25) is 0 Å². The molecule has 19 heavy (non-hydrogen) atoms. The Bertz CT molecular complexity index is 737. The van der Waals surface area contributed by atoms with E-state index in [-0.39, 0.29) is 5.91 Å². The molecule has 1 amide bonds. The minimum absolute atomic E-state index is 0.226. The fourth-order valence-electron chi connectivity index (χ4n) is 1.93. The van der Waals surface area contributed by atoms with E-state index >= 15 is 0 Å². The van der Waals surface area contributed by atoms with Crippen LogP contribution in [-0.4, -0.2) is 30.7 Å². The van der Waals surface area contributed by atoms with Gasteiger partial charge in [0.15, 0.2) is 0 Å². The second-order valence-corrected chi connectivity index (χ2v) is 4.23. The van der Waals surface area contributed by atoms with Crippen LogP contribution >= 0.6 is 0 Å². The van der Waals surface area contributed by atoms with Crippen LogP contribution in [0.5, 0.6) is 0 Å². The summed E-state index contributed by atoms with van der Waals surface area (Å²) in [6, 6.07) is 0. The molecule has 3 aromatic rings. The number of hydrogen-bond donors (Lipinski definition) is 2. The minimum atomic E-state index is -0.226. The minimum Gasteiger partial charge on any atom is -0.319 e. The fourth-order valence-corrected chi connectivity index (χ4v) is 1.93. The number of carbonyl (C=O) groups is 1. The van der Waals surface area contributed by atoms with Crippen molar-refractivity contribution >= 4 is 17.1 Å². The van der Waals surface area contributed by atoms with Crippen molar-refractivity contribution in [2.75, 3.05) is 5.32 Å². The predicted molar refractivity (Wildman–Crippen MR) is 69.0 cm³/mol. The first-order chi connectivity index (χ1) is 9.16. The quantitative estimate of drug-likeness (QED) is 0.723. The van der Waals surface area contributed by atoms with E-state index in [0.717, 1.165) is 11.4 Å². The Kier molecular flexibility index (Phi) is 2.52. The van der Waals surface area contributed by atoms with E-state index < -0.39 is 0 Å². The van der Waals surface area contributed by atoms with Crippen molar-refractivity contribution in [3.05, 3.63) is 41.7 Å². The molecular formula is C12H12N6O. The summed E-state index contributed by atoms with van der Waals surface area (Å²) in [5, 5.41) is 13.8. The van der Waals surface area contributed by atoms with E-state index in [0.29, 0.717) is 16.8 Å². The molecule has 0 unspecified atom stereocenters. The lowest BCUT2D eigenvalue weighted by Crippen LogP contribution is -2.12. The molecule has 7 nitrogen and oxygen atoms in total. The van der Waals surface area contributed by atoms with Crippen molar-refractivity contribution in [1.82, 2.24) is 24.8 Å². The molecular weight excluding hydrogens is 244 g/mol. The van der Waals surface area contributed by atoms with Crippen LogP contribution in [0.3, 0.4) is 0 Å². The molecule has 0 fully saturated rings. The van der Waals surface area contributed by atoms with Gasteiger partial charge < -0.3 is 5.32 Å². The van der Waals surface area contributed by atoms with E-state index in [1.165, 1.54) is 6.20 Å². The third-order valence-electron chi connectivity index (χ3n) is 2.94. The number of hydrogen-bond acceptors (Lipinski definition) is 4. The van der Waals surface area contributed by atoms with Crippen molar-refractivity contribution < 1.29 is 4.79 Å². The maximum absolute atomic E-state index is 12.3. The Labute approximate surface area is 108 Å². The number of aromatic amines is 1. The normalized spacial score (nSPS) is 10.8. The third-order valence-corrected chi connectivity index (χ3v) is 2.94. The molecule has 0 aliphatic rings. The highest BCUT2D eigenvalue weighted by atomic mass is 16.1. The zero-order valence-corrected chi connectivity index (χ0v) is 10.5. The number of aryl methyl sites for hydroxylation is 2. The van der Waals surface area contributed by atoms with Gasteiger partial charge in [-0.25, -0.2) is 4.52 Å². The summed E-state index contributed by atoms with van der Waals surface area (Å²) in [7, 11) is 0. The molecule has 0 aromatic carbocycles. The van der Waals surface area contributed by atoms with Gasteiger partial charge in [-0.2, -0.15) is 10.2 Å². The maximum atomic E-state index is 12.3. The highest BCUT2D eigenvalue weighted by Gasteiger charge is 2.15. The van der Waals surface area contributed by atoms with Crippen LogP contribution in [0.1, 0.15) is 21.7 Å². The predicted octanol–water partition coefficient (Wildman–Crippen LogP) is 1.32. The summed E-state index contributed by atoms with van der Waals surface area (Å²) in [5.74, 6) is -0.226. The molecule has 3 rings (SSSR count). The van der Waals surface area contributed by atoms with Crippen LogP contribution in [0.25, 0.3) is 5.52 Å². The molecule has 96 valence electrons. The van der Waals surface area contributed by atoms with Gasteiger partial charge >= 0.3 is 0 Å². The molecule has 0 bridgehead atoms. The van der Waals surface area contributed by atoms with Gasteiger partial charge in [-0.05, 0) is 13.8 Å². The number of nitrogens with one attached hydrogen (secondary N) is 2. The van der Waals surface area contributed by atoms with Crippen molar-refractivity contribution in [1.29, 1.82) is 0 Å². The molecule has 0 spiro atoms. The lowest BCUT2D eigenvalue weighted by Gasteiger charge is -2.03. The molecule has 3 aromatic heterocycles. The van der Waals surface area contributed by atoms with Gasteiger partial charge in [0, 0.05) is 12.4 Å². The highest BCUT2D eigenvalue weighted by Crippen LogP contribution is 2.18. The zero-order chi connectivity index (χ0) is 13.4. The number of H-pyrrole nitrogens is 1. The monoisotopic (exact) mass is 256 g/mol. The van der Waals surface area contributed by atoms with Gasteiger partial charge in [0.25, 0.3) is 5.91 Å². The second-order valence-electron chi connectivity index (χ2n) is 4.23. The Morgan fingerprint density at radius 3 is 2.95 bits per heavy atom. The molecule has 0 radical (unpaired) electrons. The standard InChI is InChI=1S/C12H12N6O/c1-7-11(8(2)17-16-7)15-12(19)9-5-14-18-4-3-13-6-10(9)18/h3-6H,1-2H3,(H,15,19)(H,16,17). The Balaban J connectivity index is 1.97. The Morgan fingerprint density at radius 2 is 2.21 bits per heavy atom. The maximum Gasteiger partial charge on any atom is 0.259 e. The van der Waals surface area contributed by atoms with Crippen LogP contribution in [-0.2, 0) is 0 Å². The fraction of sp³-hybridized carbons (Fsp3) is 0.167. The number of nitrogens with zero attached hydrogens (tertiary/aromatic N) is 4. The summed E-state index contributed by atoms with van der Waals surface area (Å²) >= 11 is 0. The summed E-state index contributed by atoms with van der Waals surface area (Å²) in [6.45, 7) is 3.68. The number of aromatic nitrogens is 5. The van der Waals surface area contributed by atoms with Crippen LogP contribution < -0.4 is 5.32 Å². The zero-order valence-electron chi connectivity index (χ0n) is 10.5. The SMILES string of the molecule is Cc1n[nH]c(C)c1NC(=O)c1cnn2ccncc12. The first-order valence-electron chi connectivity index (χ1n) is 5.77. The number of anilines is 1. The first kappa shape index (κ1) is 11.4. The van der Waals surface area contributed by atoms with E-state index in [9.17, 15) is 4.79 Å². The van der Waals surface area contributed by atoms with E-state index in [2.05, 4.69) is 25.6 Å². The van der Waals surface area contributed by atoms with Gasteiger partial charge in [-0.3, -0.25) is 14.9 Å². The topological polar surface area (TPSA) is 88.0 Å². The summed E-state index contributed by atoms with van der Waals surface area (Å²) < 4.78 is 1.61. The number of carbonyl (C=O) groups excluding carboxylic acids is 1. The molecule has 0 saturated heterocycles. The molecule has 0 aliphatic carbocycles. The van der Waals surface area contributed by atoms with Crippen molar-refractivity contribution in [2.24, 2.45) is 0 Å². The summed E-state index contributed by atoms with van der Waals surface area (Å²) in [6.07, 6.45) is 6.45. The van der Waals surface area contributed by atoms with Crippen molar-refractivity contribution in [3.63, 3.8) is 0 Å². The van der Waals surface area contributed by atoms with Gasteiger partial charge in [-0.1, -0.05) is 0 Å². The number of fused-ring (bicyclic) bond motifs is 1. The van der Waals surface area contributed by atoms with Gasteiger partial charge in [0.1, 0.15) is 0 Å². The van der Waals surface area contributed by atoms with Crippen LogP contribution in [0, 0.1) is 13.8 Å². The van der Waals surface area contributed by atoms with E-state index in [1.807, 2.05) is 13.8 Å². The molecule has 0 saturated carbocycles. The molecule has 2 N–H and O–H groups in total. The van der Waals surface area contributed by atoms with E-state index in [1.54, 1.807) is 23.1 Å². The third kappa shape index (κ3) is 1.85. The lowest BCUT2D eigenvalue weighted by molar-refractivity contribution is 0.102. The molecule has 3 heterocycles. The molecule has 7 heteroatoms. The van der Waals surface area contributed by atoms with E-state index in [4.69, 9.17) is 0 Å². The second kappa shape index (κ2) is 4.20. The van der Waals surface area contributed by atoms with Crippen LogP contribution in [0.15, 0.2) is 24.8 Å². The van der Waals surface area contributed by atoms with Crippen LogP contribution in [0.4, 0.5) is 5.69 Å². The highest BCUT2D eigenvalue weighted by molar-refractivity contribution is 6.09. The number of amides is 1. The average molecular weight is 256 g/mol. The van der Waals surface area contributed by atoms with Gasteiger partial charge in [0.05, 0.1) is 40.5 Å². The summed E-state index contributed by atoms with van der Waals surface area (Å²) in [5.41, 5.74) is 3.42. The van der Waals surface area contributed by atoms with Gasteiger partial charge in [-0.15, -0.1) is 0 Å². The molecule has 0 atom stereocenters. The lowest BCUT2D eigenvalue weighted by atomic mass is 10.2. The Hall–Kier alpha value is -2.70. The van der Waals surface area contributed by atoms with Crippen molar-refractivity contribution in [2.45, 2.75) is 13.8 Å².